The minimum atomic E-state index is -3.58. The van der Waals surface area contributed by atoms with Gasteiger partial charge in [0.2, 0.25) is 15.9 Å². The Balaban J connectivity index is 2.16. The average Bonchev–Trinajstić information content (AvgIpc) is 2.60. The third kappa shape index (κ3) is 4.73. The fourth-order valence-electron chi connectivity index (χ4n) is 3.34. The number of likely N-dealkylation sites (tertiary alicyclic amines) is 1. The Bertz CT molecular complexity index is 755. The Morgan fingerprint density at radius 2 is 2.08 bits per heavy atom. The Hall–Kier alpha value is -2.07. The number of piperidine rings is 1. The van der Waals surface area contributed by atoms with Crippen molar-refractivity contribution in [2.45, 2.75) is 45.1 Å². The molecule has 0 spiro atoms. The standard InChI is InChI=1S/C18H25N3O3S/c1-3-16-9-6-7-12-20(16)18(22)11-13-21(25(2,23)24)17-10-5-4-8-15(17)14-19/h4-5,8,10,16H,3,6-7,9,11-13H2,1-2H3. The highest BCUT2D eigenvalue weighted by Crippen LogP contribution is 2.24. The van der Waals surface area contributed by atoms with Gasteiger partial charge in [-0.15, -0.1) is 0 Å². The normalized spacial score (nSPS) is 17.8. The third-order valence-electron chi connectivity index (χ3n) is 4.64. The van der Waals surface area contributed by atoms with Crippen LogP contribution in [0.2, 0.25) is 0 Å². The molecule has 2 rings (SSSR count). The number of anilines is 1. The monoisotopic (exact) mass is 363 g/mol. The van der Waals surface area contributed by atoms with E-state index < -0.39 is 10.0 Å². The topological polar surface area (TPSA) is 81.5 Å². The molecule has 0 radical (unpaired) electrons. The number of nitriles is 1. The van der Waals surface area contributed by atoms with Crippen LogP contribution in [0.15, 0.2) is 24.3 Å². The van der Waals surface area contributed by atoms with Crippen LogP contribution in [-0.4, -0.2) is 44.6 Å². The zero-order valence-electron chi connectivity index (χ0n) is 14.8. The van der Waals surface area contributed by atoms with Gasteiger partial charge in [-0.1, -0.05) is 19.1 Å². The van der Waals surface area contributed by atoms with Crippen molar-refractivity contribution < 1.29 is 13.2 Å². The molecule has 6 nitrogen and oxygen atoms in total. The molecule has 0 N–H and O–H groups in total. The molecular weight excluding hydrogens is 338 g/mol. The lowest BCUT2D eigenvalue weighted by Crippen LogP contribution is -2.45. The van der Waals surface area contributed by atoms with E-state index in [0.717, 1.165) is 42.8 Å². The summed E-state index contributed by atoms with van der Waals surface area (Å²) in [7, 11) is -3.58. The van der Waals surface area contributed by atoms with Crippen LogP contribution < -0.4 is 4.31 Å². The summed E-state index contributed by atoms with van der Waals surface area (Å²) < 4.78 is 25.6. The van der Waals surface area contributed by atoms with Gasteiger partial charge >= 0.3 is 0 Å². The van der Waals surface area contributed by atoms with Gasteiger partial charge in [-0.05, 0) is 37.8 Å². The number of carbonyl (C=O) groups is 1. The first-order chi connectivity index (χ1) is 11.9. The molecule has 25 heavy (non-hydrogen) atoms. The summed E-state index contributed by atoms with van der Waals surface area (Å²) >= 11 is 0. The Morgan fingerprint density at radius 3 is 2.72 bits per heavy atom. The first-order valence-electron chi connectivity index (χ1n) is 8.64. The molecule has 0 aliphatic carbocycles. The van der Waals surface area contributed by atoms with Crippen molar-refractivity contribution in [3.63, 3.8) is 0 Å². The summed E-state index contributed by atoms with van der Waals surface area (Å²) in [5, 5.41) is 9.23. The predicted octanol–water partition coefficient (Wildman–Crippen LogP) is 2.51. The minimum Gasteiger partial charge on any atom is -0.340 e. The van der Waals surface area contributed by atoms with Crippen LogP contribution in [0.4, 0.5) is 5.69 Å². The lowest BCUT2D eigenvalue weighted by atomic mass is 9.99. The molecule has 0 saturated carbocycles. The first-order valence-corrected chi connectivity index (χ1v) is 10.5. The van der Waals surface area contributed by atoms with Crippen LogP contribution in [0, 0.1) is 11.3 Å². The molecule has 1 heterocycles. The number of hydrogen-bond donors (Lipinski definition) is 0. The molecule has 1 aliphatic heterocycles. The molecule has 7 heteroatoms. The molecule has 136 valence electrons. The van der Waals surface area contributed by atoms with Gasteiger partial charge in [0.25, 0.3) is 0 Å². The smallest absolute Gasteiger partial charge is 0.232 e. The van der Waals surface area contributed by atoms with E-state index in [2.05, 4.69) is 6.92 Å². The Labute approximate surface area is 150 Å². The van der Waals surface area contributed by atoms with Crippen LogP contribution in [0.1, 0.15) is 44.6 Å². The maximum absolute atomic E-state index is 12.6. The number of rotatable bonds is 6. The predicted molar refractivity (Wildman–Crippen MR) is 97.6 cm³/mol. The quantitative estimate of drug-likeness (QED) is 0.777. The zero-order chi connectivity index (χ0) is 18.4. The molecule has 0 aromatic heterocycles. The van der Waals surface area contributed by atoms with E-state index in [1.54, 1.807) is 24.3 Å². The van der Waals surface area contributed by atoms with Crippen LogP contribution in [-0.2, 0) is 14.8 Å². The van der Waals surface area contributed by atoms with Gasteiger partial charge in [0.1, 0.15) is 6.07 Å². The average molecular weight is 363 g/mol. The summed E-state index contributed by atoms with van der Waals surface area (Å²) in [5.74, 6) is -0.0189. The van der Waals surface area contributed by atoms with Crippen molar-refractivity contribution in [1.82, 2.24) is 4.90 Å². The number of nitrogens with zero attached hydrogens (tertiary/aromatic N) is 3. The zero-order valence-corrected chi connectivity index (χ0v) is 15.6. The fraction of sp³-hybridized carbons (Fsp3) is 0.556. The maximum atomic E-state index is 12.6. The molecular formula is C18H25N3O3S. The Morgan fingerprint density at radius 1 is 1.36 bits per heavy atom. The molecule has 1 amide bonds. The highest BCUT2D eigenvalue weighted by atomic mass is 32.2. The minimum absolute atomic E-state index is 0.0189. The lowest BCUT2D eigenvalue weighted by molar-refractivity contribution is -0.134. The molecule has 1 saturated heterocycles. The SMILES string of the molecule is CCC1CCCCN1C(=O)CCN(c1ccccc1C#N)S(C)(=O)=O. The van der Waals surface area contributed by atoms with Gasteiger partial charge in [-0.3, -0.25) is 9.10 Å². The molecule has 1 aromatic rings. The molecule has 1 atom stereocenters. The van der Waals surface area contributed by atoms with Crippen molar-refractivity contribution >= 4 is 21.6 Å². The van der Waals surface area contributed by atoms with E-state index in [9.17, 15) is 18.5 Å². The highest BCUT2D eigenvalue weighted by molar-refractivity contribution is 7.92. The number of amides is 1. The maximum Gasteiger partial charge on any atom is 0.232 e. The largest absolute Gasteiger partial charge is 0.340 e. The van der Waals surface area contributed by atoms with E-state index in [1.807, 2.05) is 11.0 Å². The number of hydrogen-bond acceptors (Lipinski definition) is 4. The summed E-state index contributed by atoms with van der Waals surface area (Å²) in [4.78, 5) is 14.5. The molecule has 1 fully saturated rings. The first kappa shape index (κ1) is 19.3. The Kier molecular flexibility index (Phi) is 6.43. The van der Waals surface area contributed by atoms with E-state index in [0.29, 0.717) is 5.69 Å². The van der Waals surface area contributed by atoms with E-state index in [4.69, 9.17) is 0 Å². The van der Waals surface area contributed by atoms with Crippen LogP contribution in [0.25, 0.3) is 0 Å². The van der Waals surface area contributed by atoms with Gasteiger partial charge in [0.05, 0.1) is 17.5 Å². The van der Waals surface area contributed by atoms with Gasteiger partial charge in [0.15, 0.2) is 0 Å². The van der Waals surface area contributed by atoms with E-state index >= 15 is 0 Å². The van der Waals surface area contributed by atoms with E-state index in [-0.39, 0.29) is 30.5 Å². The lowest BCUT2D eigenvalue weighted by Gasteiger charge is -2.36. The summed E-state index contributed by atoms with van der Waals surface area (Å²) in [6.07, 6.45) is 5.27. The number of para-hydroxylation sites is 1. The van der Waals surface area contributed by atoms with Crippen molar-refractivity contribution in [2.75, 3.05) is 23.7 Å². The number of sulfonamides is 1. The molecule has 1 unspecified atom stereocenters. The van der Waals surface area contributed by atoms with Crippen molar-refractivity contribution in [2.24, 2.45) is 0 Å². The van der Waals surface area contributed by atoms with Crippen molar-refractivity contribution in [3.8, 4) is 6.07 Å². The van der Waals surface area contributed by atoms with Crippen LogP contribution >= 0.6 is 0 Å². The van der Waals surface area contributed by atoms with Crippen LogP contribution in [0.5, 0.6) is 0 Å². The summed E-state index contributed by atoms with van der Waals surface area (Å²) in [5.41, 5.74) is 0.607. The molecule has 1 aromatic carbocycles. The van der Waals surface area contributed by atoms with Gasteiger partial charge < -0.3 is 4.90 Å². The van der Waals surface area contributed by atoms with Crippen molar-refractivity contribution in [3.05, 3.63) is 29.8 Å². The number of carbonyl (C=O) groups excluding carboxylic acids is 1. The fourth-order valence-corrected chi connectivity index (χ4v) is 4.28. The van der Waals surface area contributed by atoms with Gasteiger partial charge in [-0.2, -0.15) is 5.26 Å². The van der Waals surface area contributed by atoms with Gasteiger partial charge in [-0.25, -0.2) is 8.42 Å². The third-order valence-corrected chi connectivity index (χ3v) is 5.82. The second-order valence-electron chi connectivity index (χ2n) is 6.36. The van der Waals surface area contributed by atoms with Crippen LogP contribution in [0.3, 0.4) is 0 Å². The summed E-state index contributed by atoms with van der Waals surface area (Å²) in [6, 6.07) is 8.81. The summed E-state index contributed by atoms with van der Waals surface area (Å²) in [6.45, 7) is 2.86. The molecule has 0 bridgehead atoms. The van der Waals surface area contributed by atoms with E-state index in [1.165, 1.54) is 0 Å². The van der Waals surface area contributed by atoms with Crippen molar-refractivity contribution in [1.29, 1.82) is 5.26 Å². The second kappa shape index (κ2) is 8.34. The highest BCUT2D eigenvalue weighted by Gasteiger charge is 2.27. The number of benzene rings is 1. The second-order valence-corrected chi connectivity index (χ2v) is 8.27. The molecule has 1 aliphatic rings. The van der Waals surface area contributed by atoms with Gasteiger partial charge in [0, 0.05) is 25.6 Å².